The van der Waals surface area contributed by atoms with Crippen LogP contribution in [-0.2, 0) is 20.7 Å². The van der Waals surface area contributed by atoms with E-state index in [2.05, 4.69) is 6.92 Å². The number of primary amides is 1. The topological polar surface area (TPSA) is 91.1 Å². The lowest BCUT2D eigenvalue weighted by atomic mass is 10.0. The molecule has 1 heterocycles. The Kier molecular flexibility index (Phi) is 7.43. The first-order valence-electron chi connectivity index (χ1n) is 10.0. The minimum atomic E-state index is -0.744. The van der Waals surface area contributed by atoms with E-state index in [0.717, 1.165) is 24.2 Å². The molecule has 0 bridgehead atoms. The number of hydrogen-bond donors (Lipinski definition) is 1. The molecule has 3 rings (SSSR count). The largest absolute Gasteiger partial charge is 0.491 e. The van der Waals surface area contributed by atoms with Gasteiger partial charge in [0.15, 0.2) is 0 Å². The van der Waals surface area contributed by atoms with Crippen LogP contribution in [-0.4, -0.2) is 55.4 Å². The summed E-state index contributed by atoms with van der Waals surface area (Å²) in [7, 11) is 1.36. The summed E-state index contributed by atoms with van der Waals surface area (Å²) in [5.74, 6) is -0.0784. The number of methoxy groups -OCH3 is 1. The highest BCUT2D eigenvalue weighted by molar-refractivity contribution is 5.92. The third-order valence-electron chi connectivity index (χ3n) is 5.27. The van der Waals surface area contributed by atoms with Crippen LogP contribution in [0, 0.1) is 0 Å². The van der Waals surface area contributed by atoms with Gasteiger partial charge in [-0.3, -0.25) is 9.69 Å². The molecule has 0 spiro atoms. The molecule has 30 heavy (non-hydrogen) atoms. The van der Waals surface area contributed by atoms with Gasteiger partial charge in [0.05, 0.1) is 7.11 Å². The summed E-state index contributed by atoms with van der Waals surface area (Å²) < 4.78 is 16.7. The minimum Gasteiger partial charge on any atom is -0.491 e. The molecule has 0 aromatic heterocycles. The summed E-state index contributed by atoms with van der Waals surface area (Å²) in [4.78, 5) is 25.5. The molecule has 2 unspecified atom stereocenters. The molecule has 3 atom stereocenters. The van der Waals surface area contributed by atoms with Crippen LogP contribution in [0.15, 0.2) is 54.6 Å². The SMILES string of the molecule is COC(=O)C1OC(COc2ccccc2)CN1[C@@H](C)CCc1ccc(C(N)=O)cc1. The van der Waals surface area contributed by atoms with Crippen LogP contribution in [0.5, 0.6) is 5.75 Å². The van der Waals surface area contributed by atoms with Gasteiger partial charge < -0.3 is 19.9 Å². The number of nitrogens with two attached hydrogens (primary N) is 1. The molecule has 1 saturated heterocycles. The van der Waals surface area contributed by atoms with Crippen molar-refractivity contribution >= 4 is 11.9 Å². The Morgan fingerprint density at radius 2 is 1.87 bits per heavy atom. The number of hydrogen-bond acceptors (Lipinski definition) is 6. The van der Waals surface area contributed by atoms with E-state index < -0.39 is 18.1 Å². The lowest BCUT2D eigenvalue weighted by molar-refractivity contribution is -0.162. The van der Waals surface area contributed by atoms with E-state index in [-0.39, 0.29) is 12.1 Å². The Morgan fingerprint density at radius 1 is 1.17 bits per heavy atom. The van der Waals surface area contributed by atoms with Gasteiger partial charge in [0.25, 0.3) is 0 Å². The van der Waals surface area contributed by atoms with Crippen molar-refractivity contribution in [1.82, 2.24) is 4.90 Å². The van der Waals surface area contributed by atoms with Crippen molar-refractivity contribution in [1.29, 1.82) is 0 Å². The molecule has 1 aliphatic heterocycles. The number of aryl methyl sites for hydroxylation is 1. The summed E-state index contributed by atoms with van der Waals surface area (Å²) in [5.41, 5.74) is 6.88. The normalized spacial score (nSPS) is 19.9. The minimum absolute atomic E-state index is 0.0895. The lowest BCUT2D eigenvalue weighted by Gasteiger charge is -2.27. The van der Waals surface area contributed by atoms with Crippen molar-refractivity contribution < 1.29 is 23.8 Å². The Balaban J connectivity index is 1.58. The Bertz CT molecular complexity index is 840. The number of carbonyl (C=O) groups excluding carboxylic acids is 2. The molecule has 160 valence electrons. The zero-order chi connectivity index (χ0) is 21.5. The number of carbonyl (C=O) groups is 2. The van der Waals surface area contributed by atoms with Crippen LogP contribution in [0.25, 0.3) is 0 Å². The van der Waals surface area contributed by atoms with Crippen molar-refractivity contribution in [2.75, 3.05) is 20.3 Å². The Hall–Kier alpha value is -2.90. The Morgan fingerprint density at radius 3 is 2.50 bits per heavy atom. The van der Waals surface area contributed by atoms with Crippen LogP contribution in [0.4, 0.5) is 0 Å². The average molecular weight is 412 g/mol. The number of esters is 1. The number of benzene rings is 2. The first kappa shape index (κ1) is 21.8. The van der Waals surface area contributed by atoms with E-state index in [9.17, 15) is 9.59 Å². The summed E-state index contributed by atoms with van der Waals surface area (Å²) in [6.07, 6.45) is 0.646. The molecular weight excluding hydrogens is 384 g/mol. The highest BCUT2D eigenvalue weighted by Gasteiger charge is 2.41. The zero-order valence-electron chi connectivity index (χ0n) is 17.3. The van der Waals surface area contributed by atoms with Crippen molar-refractivity contribution in [3.8, 4) is 5.75 Å². The fourth-order valence-electron chi connectivity index (χ4n) is 3.51. The van der Waals surface area contributed by atoms with Gasteiger partial charge >= 0.3 is 5.97 Å². The van der Waals surface area contributed by atoms with Crippen molar-refractivity contribution in [2.45, 2.75) is 38.1 Å². The van der Waals surface area contributed by atoms with Crippen LogP contribution >= 0.6 is 0 Å². The molecule has 0 saturated carbocycles. The highest BCUT2D eigenvalue weighted by atomic mass is 16.6. The van der Waals surface area contributed by atoms with Crippen LogP contribution in [0.3, 0.4) is 0 Å². The van der Waals surface area contributed by atoms with Crippen LogP contribution in [0.2, 0.25) is 0 Å². The van der Waals surface area contributed by atoms with E-state index in [1.165, 1.54) is 7.11 Å². The molecule has 1 fully saturated rings. The molecule has 1 amide bonds. The van der Waals surface area contributed by atoms with Crippen LogP contribution < -0.4 is 10.5 Å². The number of para-hydroxylation sites is 1. The van der Waals surface area contributed by atoms with E-state index in [4.69, 9.17) is 19.9 Å². The number of ether oxygens (including phenoxy) is 3. The first-order valence-corrected chi connectivity index (χ1v) is 10.0. The average Bonchev–Trinajstić information content (AvgIpc) is 3.21. The maximum Gasteiger partial charge on any atom is 0.350 e. The smallest absolute Gasteiger partial charge is 0.350 e. The van der Waals surface area contributed by atoms with Gasteiger partial charge in [0.1, 0.15) is 18.5 Å². The fraction of sp³-hybridized carbons (Fsp3) is 0.391. The van der Waals surface area contributed by atoms with Gasteiger partial charge in [-0.25, -0.2) is 4.79 Å². The quantitative estimate of drug-likeness (QED) is 0.636. The van der Waals surface area contributed by atoms with E-state index in [1.54, 1.807) is 12.1 Å². The maximum atomic E-state index is 12.3. The maximum absolute atomic E-state index is 12.3. The summed E-state index contributed by atoms with van der Waals surface area (Å²) in [6.45, 7) is 3.00. The predicted octanol–water partition coefficient (Wildman–Crippen LogP) is 2.39. The molecule has 1 aliphatic rings. The third-order valence-corrected chi connectivity index (χ3v) is 5.27. The van der Waals surface area contributed by atoms with Crippen molar-refractivity contribution in [3.63, 3.8) is 0 Å². The van der Waals surface area contributed by atoms with Gasteiger partial charge in [-0.05, 0) is 49.6 Å². The van der Waals surface area contributed by atoms with Gasteiger partial charge in [0.2, 0.25) is 12.1 Å². The molecule has 0 aliphatic carbocycles. The molecule has 2 N–H and O–H groups in total. The van der Waals surface area contributed by atoms with Crippen LogP contribution in [0.1, 0.15) is 29.3 Å². The highest BCUT2D eigenvalue weighted by Crippen LogP contribution is 2.24. The molecule has 2 aromatic carbocycles. The second-order valence-corrected chi connectivity index (χ2v) is 7.40. The molecule has 7 nitrogen and oxygen atoms in total. The van der Waals surface area contributed by atoms with Crippen molar-refractivity contribution in [3.05, 3.63) is 65.7 Å². The number of amides is 1. The second kappa shape index (κ2) is 10.2. The van der Waals surface area contributed by atoms with Gasteiger partial charge in [-0.15, -0.1) is 0 Å². The molecule has 0 radical (unpaired) electrons. The Labute approximate surface area is 176 Å². The predicted molar refractivity (Wildman–Crippen MR) is 112 cm³/mol. The van der Waals surface area contributed by atoms with Gasteiger partial charge in [-0.2, -0.15) is 0 Å². The summed E-state index contributed by atoms with van der Waals surface area (Å²) in [5, 5.41) is 0. The van der Waals surface area contributed by atoms with Gasteiger partial charge in [-0.1, -0.05) is 30.3 Å². The van der Waals surface area contributed by atoms with Crippen molar-refractivity contribution in [2.24, 2.45) is 5.73 Å². The summed E-state index contributed by atoms with van der Waals surface area (Å²) in [6, 6.07) is 16.9. The molecular formula is C23H28N2O5. The number of nitrogens with zero attached hydrogens (tertiary/aromatic N) is 1. The first-order chi connectivity index (χ1) is 14.5. The van der Waals surface area contributed by atoms with E-state index in [1.807, 2.05) is 47.4 Å². The lowest BCUT2D eigenvalue weighted by Crippen LogP contribution is -2.43. The summed E-state index contributed by atoms with van der Waals surface area (Å²) >= 11 is 0. The monoisotopic (exact) mass is 412 g/mol. The zero-order valence-corrected chi connectivity index (χ0v) is 17.3. The standard InChI is InChI=1S/C23H28N2O5/c1-16(8-9-17-10-12-18(13-11-17)21(24)26)25-14-20(30-22(25)23(27)28-2)15-29-19-6-4-3-5-7-19/h3-7,10-13,16,20,22H,8-9,14-15H2,1-2H3,(H2,24,26)/t16-,20?,22?/m0/s1. The third kappa shape index (κ3) is 5.58. The fourth-order valence-corrected chi connectivity index (χ4v) is 3.51. The molecule has 2 aromatic rings. The second-order valence-electron chi connectivity index (χ2n) is 7.40. The van der Waals surface area contributed by atoms with E-state index in [0.29, 0.717) is 18.7 Å². The van der Waals surface area contributed by atoms with E-state index >= 15 is 0 Å². The van der Waals surface area contributed by atoms with Gasteiger partial charge in [0, 0.05) is 18.2 Å². The number of rotatable bonds is 9. The molecule has 7 heteroatoms.